The second-order valence-corrected chi connectivity index (χ2v) is 5.54. The van der Waals surface area contributed by atoms with Crippen LogP contribution in [0.3, 0.4) is 0 Å². The van der Waals surface area contributed by atoms with Crippen molar-refractivity contribution < 1.29 is 4.74 Å². The van der Waals surface area contributed by atoms with Crippen LogP contribution in [0.2, 0.25) is 0 Å². The van der Waals surface area contributed by atoms with Crippen LogP contribution in [0.5, 0.6) is 5.75 Å². The van der Waals surface area contributed by atoms with Gasteiger partial charge in [0.15, 0.2) is 0 Å². The summed E-state index contributed by atoms with van der Waals surface area (Å²) in [4.78, 5) is 0. The molecule has 18 heavy (non-hydrogen) atoms. The highest BCUT2D eigenvalue weighted by atomic mass is 16.5. The molecule has 0 saturated carbocycles. The van der Waals surface area contributed by atoms with Crippen molar-refractivity contribution in [2.45, 2.75) is 51.5 Å². The van der Waals surface area contributed by atoms with Gasteiger partial charge in [0, 0.05) is 6.04 Å². The minimum atomic E-state index is 0.514. The second kappa shape index (κ2) is 6.24. The molecule has 0 radical (unpaired) electrons. The first-order valence-corrected chi connectivity index (χ1v) is 7.11. The number of piperidine rings is 1. The number of benzene rings is 1. The molecule has 0 spiro atoms. The van der Waals surface area contributed by atoms with E-state index in [-0.39, 0.29) is 0 Å². The van der Waals surface area contributed by atoms with Gasteiger partial charge in [-0.3, -0.25) is 0 Å². The summed E-state index contributed by atoms with van der Waals surface area (Å²) in [5.74, 6) is 1.55. The maximum Gasteiger partial charge on any atom is 0.122 e. The zero-order valence-corrected chi connectivity index (χ0v) is 11.8. The quantitative estimate of drug-likeness (QED) is 0.879. The summed E-state index contributed by atoms with van der Waals surface area (Å²) in [6, 6.07) is 7.09. The van der Waals surface area contributed by atoms with Crippen LogP contribution in [0.25, 0.3) is 0 Å². The largest absolute Gasteiger partial charge is 0.496 e. The summed E-state index contributed by atoms with van der Waals surface area (Å²) in [6.45, 7) is 5.66. The molecule has 1 atom stereocenters. The van der Waals surface area contributed by atoms with Crippen LogP contribution in [-0.2, 0) is 6.42 Å². The van der Waals surface area contributed by atoms with Crippen molar-refractivity contribution in [1.29, 1.82) is 0 Å². The lowest BCUT2D eigenvalue weighted by Crippen LogP contribution is -2.35. The van der Waals surface area contributed by atoms with E-state index in [0.29, 0.717) is 12.0 Å². The first-order chi connectivity index (χ1) is 8.72. The smallest absolute Gasteiger partial charge is 0.122 e. The van der Waals surface area contributed by atoms with Gasteiger partial charge < -0.3 is 10.1 Å². The maximum atomic E-state index is 5.52. The Labute approximate surface area is 111 Å². The summed E-state index contributed by atoms with van der Waals surface area (Å²) < 4.78 is 5.52. The molecule has 0 aromatic heterocycles. The number of methoxy groups -OCH3 is 1. The summed E-state index contributed by atoms with van der Waals surface area (Å²) in [5.41, 5.74) is 2.83. The lowest BCUT2D eigenvalue weighted by atomic mass is 9.90. The molecule has 1 aromatic carbocycles. The molecule has 1 aliphatic rings. The van der Waals surface area contributed by atoms with Crippen molar-refractivity contribution in [1.82, 2.24) is 5.32 Å². The molecule has 1 aromatic rings. The summed E-state index contributed by atoms with van der Waals surface area (Å²) in [5, 5.41) is 3.63. The number of ether oxygens (including phenoxy) is 1. The number of nitrogens with one attached hydrogen (secondary N) is 1. The fraction of sp³-hybridized carbons (Fsp3) is 0.625. The van der Waals surface area contributed by atoms with E-state index in [1.807, 2.05) is 0 Å². The Bertz CT molecular complexity index is 381. The van der Waals surface area contributed by atoms with Crippen molar-refractivity contribution >= 4 is 0 Å². The Morgan fingerprint density at radius 3 is 2.78 bits per heavy atom. The summed E-state index contributed by atoms with van der Waals surface area (Å²) >= 11 is 0. The number of hydrogen-bond donors (Lipinski definition) is 1. The maximum absolute atomic E-state index is 5.52. The van der Waals surface area contributed by atoms with Gasteiger partial charge in [0.25, 0.3) is 0 Å². The van der Waals surface area contributed by atoms with E-state index in [1.54, 1.807) is 7.11 Å². The third kappa shape index (κ3) is 3.05. The first kappa shape index (κ1) is 13.4. The molecule has 1 unspecified atom stereocenters. The topological polar surface area (TPSA) is 21.3 Å². The van der Waals surface area contributed by atoms with Crippen LogP contribution >= 0.6 is 0 Å². The highest BCUT2D eigenvalue weighted by molar-refractivity contribution is 5.42. The molecular formula is C16H25NO. The van der Waals surface area contributed by atoms with Gasteiger partial charge in [-0.1, -0.05) is 32.4 Å². The lowest BCUT2D eigenvalue weighted by Gasteiger charge is -2.25. The van der Waals surface area contributed by atoms with Gasteiger partial charge in [-0.25, -0.2) is 0 Å². The van der Waals surface area contributed by atoms with Crippen LogP contribution in [0.15, 0.2) is 18.2 Å². The van der Waals surface area contributed by atoms with Crippen LogP contribution in [0.1, 0.15) is 50.2 Å². The number of hydrogen-bond acceptors (Lipinski definition) is 2. The molecule has 2 nitrogen and oxygen atoms in total. The zero-order chi connectivity index (χ0) is 13.0. The van der Waals surface area contributed by atoms with E-state index >= 15 is 0 Å². The van der Waals surface area contributed by atoms with E-state index in [9.17, 15) is 0 Å². The molecule has 2 rings (SSSR count). The number of rotatable bonds is 4. The zero-order valence-electron chi connectivity index (χ0n) is 11.8. The Hall–Kier alpha value is -1.02. The third-order valence-electron chi connectivity index (χ3n) is 3.83. The van der Waals surface area contributed by atoms with E-state index in [4.69, 9.17) is 4.74 Å². The Kier molecular flexibility index (Phi) is 4.65. The van der Waals surface area contributed by atoms with Crippen LogP contribution in [0, 0.1) is 0 Å². The highest BCUT2D eigenvalue weighted by Crippen LogP contribution is 2.31. The fourth-order valence-corrected chi connectivity index (χ4v) is 2.96. The van der Waals surface area contributed by atoms with Crippen molar-refractivity contribution in [3.8, 4) is 5.75 Å². The molecule has 1 aliphatic heterocycles. The van der Waals surface area contributed by atoms with Crippen molar-refractivity contribution in [2.75, 3.05) is 13.7 Å². The molecule has 2 heteroatoms. The average molecular weight is 247 g/mol. The normalized spacial score (nSPS) is 20.1. The Morgan fingerprint density at radius 1 is 1.33 bits per heavy atom. The van der Waals surface area contributed by atoms with Gasteiger partial charge >= 0.3 is 0 Å². The fourth-order valence-electron chi connectivity index (χ4n) is 2.96. The minimum absolute atomic E-state index is 0.514. The van der Waals surface area contributed by atoms with Crippen LogP contribution in [-0.4, -0.2) is 19.7 Å². The van der Waals surface area contributed by atoms with Gasteiger partial charge in [0.2, 0.25) is 0 Å². The molecule has 1 saturated heterocycles. The van der Waals surface area contributed by atoms with Crippen LogP contribution in [0.4, 0.5) is 0 Å². The standard InChI is InChI=1S/C16H25NO/c1-12(2)16-13(7-6-9-15(16)18-3)11-14-8-4-5-10-17-14/h6-7,9,12,14,17H,4-5,8,10-11H2,1-3H3. The van der Waals surface area contributed by atoms with Gasteiger partial charge in [-0.05, 0) is 48.9 Å². The molecule has 1 fully saturated rings. The van der Waals surface area contributed by atoms with Gasteiger partial charge in [0.05, 0.1) is 7.11 Å². The Morgan fingerprint density at radius 2 is 2.17 bits per heavy atom. The molecule has 1 N–H and O–H groups in total. The van der Waals surface area contributed by atoms with Crippen LogP contribution < -0.4 is 10.1 Å². The van der Waals surface area contributed by atoms with Gasteiger partial charge in [0.1, 0.15) is 5.75 Å². The van der Waals surface area contributed by atoms with Crippen molar-refractivity contribution in [2.24, 2.45) is 0 Å². The molecular weight excluding hydrogens is 222 g/mol. The predicted molar refractivity (Wildman–Crippen MR) is 76.4 cm³/mol. The highest BCUT2D eigenvalue weighted by Gasteiger charge is 2.18. The summed E-state index contributed by atoms with van der Waals surface area (Å²) in [7, 11) is 1.77. The van der Waals surface area contributed by atoms with E-state index in [0.717, 1.165) is 12.2 Å². The average Bonchev–Trinajstić information content (AvgIpc) is 2.39. The van der Waals surface area contributed by atoms with E-state index < -0.39 is 0 Å². The molecule has 1 heterocycles. The van der Waals surface area contributed by atoms with Crippen molar-refractivity contribution in [3.63, 3.8) is 0 Å². The minimum Gasteiger partial charge on any atom is -0.496 e. The Balaban J connectivity index is 2.20. The third-order valence-corrected chi connectivity index (χ3v) is 3.83. The molecule has 100 valence electrons. The molecule has 0 aliphatic carbocycles. The predicted octanol–water partition coefficient (Wildman–Crippen LogP) is 3.50. The van der Waals surface area contributed by atoms with E-state index in [1.165, 1.54) is 36.9 Å². The van der Waals surface area contributed by atoms with Gasteiger partial charge in [-0.15, -0.1) is 0 Å². The second-order valence-electron chi connectivity index (χ2n) is 5.54. The monoisotopic (exact) mass is 247 g/mol. The first-order valence-electron chi connectivity index (χ1n) is 7.11. The van der Waals surface area contributed by atoms with Crippen molar-refractivity contribution in [3.05, 3.63) is 29.3 Å². The summed E-state index contributed by atoms with van der Waals surface area (Å²) in [6.07, 6.45) is 5.11. The van der Waals surface area contributed by atoms with Gasteiger partial charge in [-0.2, -0.15) is 0 Å². The SMILES string of the molecule is COc1cccc(CC2CCCCN2)c1C(C)C. The van der Waals surface area contributed by atoms with E-state index in [2.05, 4.69) is 37.4 Å². The lowest BCUT2D eigenvalue weighted by molar-refractivity contribution is 0.392. The molecule has 0 amide bonds. The molecule has 0 bridgehead atoms.